The van der Waals surface area contributed by atoms with E-state index in [2.05, 4.69) is 0 Å². The van der Waals surface area contributed by atoms with Crippen LogP contribution in [0.5, 0.6) is 28.7 Å². The van der Waals surface area contributed by atoms with Crippen molar-refractivity contribution in [1.82, 2.24) is 4.90 Å². The van der Waals surface area contributed by atoms with E-state index in [0.717, 1.165) is 16.7 Å². The molecule has 194 valence electrons. The number of hydrogen-bond donors (Lipinski definition) is 0. The van der Waals surface area contributed by atoms with Gasteiger partial charge in [-0.05, 0) is 77.7 Å². The Balaban J connectivity index is 1.63. The van der Waals surface area contributed by atoms with Crippen LogP contribution in [0.1, 0.15) is 22.7 Å². The maximum Gasteiger partial charge on any atom is 0.247 e. The number of carbonyl (C=O) groups is 1. The third-order valence-electron chi connectivity index (χ3n) is 6.33. The first-order valence-electron chi connectivity index (χ1n) is 11.8. The molecule has 0 N–H and O–H groups in total. The predicted molar refractivity (Wildman–Crippen MR) is 138 cm³/mol. The highest BCUT2D eigenvalue weighted by atomic mass is 19.1. The monoisotopic (exact) mass is 507 g/mol. The number of halogens is 1. The normalized spacial score (nSPS) is 14.7. The van der Waals surface area contributed by atoms with Crippen molar-refractivity contribution in [3.05, 3.63) is 83.2 Å². The van der Waals surface area contributed by atoms with Crippen LogP contribution in [-0.4, -0.2) is 52.4 Å². The van der Waals surface area contributed by atoms with E-state index in [9.17, 15) is 9.18 Å². The van der Waals surface area contributed by atoms with E-state index in [1.165, 1.54) is 18.2 Å². The fraction of sp³-hybridized carbons (Fsp3) is 0.276. The number of benzene rings is 3. The molecule has 4 rings (SSSR count). The van der Waals surface area contributed by atoms with Crippen molar-refractivity contribution in [1.29, 1.82) is 0 Å². The van der Waals surface area contributed by atoms with E-state index < -0.39 is 6.04 Å². The summed E-state index contributed by atoms with van der Waals surface area (Å²) in [5.74, 6) is 2.40. The number of methoxy groups -OCH3 is 4. The van der Waals surface area contributed by atoms with Crippen LogP contribution in [-0.2, 0) is 11.2 Å². The standard InChI is InChI=1S/C29H30FNO6/c1-33-25-11-5-19(15-26(25)34-2)6-12-29(32)31-14-13-20-16-27(35-3)28(36-4)17-23(20)24(31)18-37-22-9-7-21(30)8-10-22/h5-12,15-17,24H,13-14,18H2,1-4H3. The zero-order valence-electron chi connectivity index (χ0n) is 21.3. The van der Waals surface area contributed by atoms with E-state index in [1.807, 2.05) is 18.2 Å². The molecule has 0 spiro atoms. The minimum atomic E-state index is -0.392. The number of rotatable bonds is 9. The molecule has 0 fully saturated rings. The molecule has 3 aromatic rings. The van der Waals surface area contributed by atoms with E-state index in [-0.39, 0.29) is 18.3 Å². The molecule has 3 aromatic carbocycles. The second kappa shape index (κ2) is 11.7. The Morgan fingerprint density at radius 2 is 1.54 bits per heavy atom. The van der Waals surface area contributed by atoms with Gasteiger partial charge in [0.05, 0.1) is 34.5 Å². The lowest BCUT2D eigenvalue weighted by molar-refractivity contribution is -0.129. The number of ether oxygens (including phenoxy) is 5. The third-order valence-corrected chi connectivity index (χ3v) is 6.33. The number of carbonyl (C=O) groups excluding carboxylic acids is 1. The van der Waals surface area contributed by atoms with Gasteiger partial charge >= 0.3 is 0 Å². The van der Waals surface area contributed by atoms with Gasteiger partial charge in [-0.3, -0.25) is 4.79 Å². The number of nitrogens with zero attached hydrogens (tertiary/aromatic N) is 1. The fourth-order valence-corrected chi connectivity index (χ4v) is 4.40. The van der Waals surface area contributed by atoms with Crippen molar-refractivity contribution in [2.75, 3.05) is 41.6 Å². The summed E-state index contributed by atoms with van der Waals surface area (Å²) in [7, 11) is 6.31. The summed E-state index contributed by atoms with van der Waals surface area (Å²) >= 11 is 0. The Labute approximate surface area is 216 Å². The molecular weight excluding hydrogens is 477 g/mol. The molecule has 1 aliphatic heterocycles. The zero-order valence-corrected chi connectivity index (χ0v) is 21.3. The van der Waals surface area contributed by atoms with E-state index in [0.29, 0.717) is 41.7 Å². The molecule has 1 atom stereocenters. The van der Waals surface area contributed by atoms with Crippen molar-refractivity contribution >= 4 is 12.0 Å². The van der Waals surface area contributed by atoms with Crippen LogP contribution >= 0.6 is 0 Å². The fourth-order valence-electron chi connectivity index (χ4n) is 4.40. The average Bonchev–Trinajstić information content (AvgIpc) is 2.94. The summed E-state index contributed by atoms with van der Waals surface area (Å²) in [5, 5.41) is 0. The van der Waals surface area contributed by atoms with Gasteiger partial charge < -0.3 is 28.6 Å². The van der Waals surface area contributed by atoms with Crippen LogP contribution in [0.25, 0.3) is 6.08 Å². The van der Waals surface area contributed by atoms with Crippen LogP contribution < -0.4 is 23.7 Å². The van der Waals surface area contributed by atoms with Crippen LogP contribution in [0.15, 0.2) is 60.7 Å². The highest BCUT2D eigenvalue weighted by Gasteiger charge is 2.32. The molecule has 0 bridgehead atoms. The minimum Gasteiger partial charge on any atom is -0.493 e. The van der Waals surface area contributed by atoms with Gasteiger partial charge in [0.2, 0.25) is 5.91 Å². The first-order chi connectivity index (χ1) is 18.0. The summed E-state index contributed by atoms with van der Waals surface area (Å²) in [6.45, 7) is 0.680. The summed E-state index contributed by atoms with van der Waals surface area (Å²) in [4.78, 5) is 15.2. The highest BCUT2D eigenvalue weighted by Crippen LogP contribution is 2.38. The lowest BCUT2D eigenvalue weighted by Gasteiger charge is -2.37. The number of hydrogen-bond acceptors (Lipinski definition) is 6. The van der Waals surface area contributed by atoms with Crippen LogP contribution in [0.2, 0.25) is 0 Å². The molecule has 1 heterocycles. The summed E-state index contributed by atoms with van der Waals surface area (Å²) in [5.41, 5.74) is 2.77. The maximum atomic E-state index is 13.4. The molecule has 1 amide bonds. The van der Waals surface area contributed by atoms with Crippen LogP contribution in [0.4, 0.5) is 4.39 Å². The molecular formula is C29H30FNO6. The Morgan fingerprint density at radius 3 is 2.22 bits per heavy atom. The maximum absolute atomic E-state index is 13.4. The first kappa shape index (κ1) is 25.9. The lowest BCUT2D eigenvalue weighted by Crippen LogP contribution is -2.41. The number of fused-ring (bicyclic) bond motifs is 1. The lowest BCUT2D eigenvalue weighted by atomic mass is 9.92. The highest BCUT2D eigenvalue weighted by molar-refractivity contribution is 5.92. The molecule has 0 aliphatic carbocycles. The molecule has 1 aliphatic rings. The second-order valence-electron chi connectivity index (χ2n) is 8.42. The van der Waals surface area contributed by atoms with Gasteiger partial charge in [-0.1, -0.05) is 6.07 Å². The van der Waals surface area contributed by atoms with E-state index in [4.69, 9.17) is 23.7 Å². The molecule has 0 radical (unpaired) electrons. The predicted octanol–water partition coefficient (Wildman–Crippen LogP) is 5.08. The molecule has 1 unspecified atom stereocenters. The van der Waals surface area contributed by atoms with Crippen molar-refractivity contribution in [2.45, 2.75) is 12.5 Å². The summed E-state index contributed by atoms with van der Waals surface area (Å²) in [6.07, 6.45) is 3.93. The van der Waals surface area contributed by atoms with Gasteiger partial charge in [0, 0.05) is 12.6 Å². The molecule has 37 heavy (non-hydrogen) atoms. The van der Waals surface area contributed by atoms with Gasteiger partial charge in [0.25, 0.3) is 0 Å². The largest absolute Gasteiger partial charge is 0.493 e. The molecule has 0 saturated carbocycles. The minimum absolute atomic E-state index is 0.164. The molecule has 8 heteroatoms. The van der Waals surface area contributed by atoms with Crippen molar-refractivity contribution in [3.63, 3.8) is 0 Å². The quantitative estimate of drug-likeness (QED) is 0.377. The average molecular weight is 508 g/mol. The smallest absolute Gasteiger partial charge is 0.247 e. The Hall–Kier alpha value is -4.20. The topological polar surface area (TPSA) is 66.5 Å². The third kappa shape index (κ3) is 5.80. The SMILES string of the molecule is COc1ccc(C=CC(=O)N2CCc3cc(OC)c(OC)cc3C2COc2ccc(F)cc2)cc1OC. The van der Waals surface area contributed by atoms with Gasteiger partial charge in [-0.25, -0.2) is 4.39 Å². The van der Waals surface area contributed by atoms with E-state index >= 15 is 0 Å². The Kier molecular flexibility index (Phi) is 8.18. The molecule has 7 nitrogen and oxygen atoms in total. The van der Waals surface area contributed by atoms with Gasteiger partial charge in [-0.15, -0.1) is 0 Å². The summed E-state index contributed by atoms with van der Waals surface area (Å²) < 4.78 is 41.0. The zero-order chi connectivity index (χ0) is 26.4. The van der Waals surface area contributed by atoms with Crippen molar-refractivity contribution in [2.24, 2.45) is 0 Å². The van der Waals surface area contributed by atoms with Crippen LogP contribution in [0.3, 0.4) is 0 Å². The Morgan fingerprint density at radius 1 is 0.892 bits per heavy atom. The van der Waals surface area contributed by atoms with E-state index in [1.54, 1.807) is 63.7 Å². The van der Waals surface area contributed by atoms with Gasteiger partial charge in [-0.2, -0.15) is 0 Å². The van der Waals surface area contributed by atoms with Crippen LogP contribution in [0, 0.1) is 5.82 Å². The van der Waals surface area contributed by atoms with Crippen molar-refractivity contribution < 1.29 is 32.9 Å². The first-order valence-corrected chi connectivity index (χ1v) is 11.8. The molecule has 0 saturated heterocycles. The van der Waals surface area contributed by atoms with Gasteiger partial charge in [0.1, 0.15) is 18.2 Å². The number of amides is 1. The molecule has 0 aromatic heterocycles. The summed E-state index contributed by atoms with van der Waals surface area (Å²) in [6, 6.07) is 14.7. The van der Waals surface area contributed by atoms with Gasteiger partial charge in [0.15, 0.2) is 23.0 Å². The Bertz CT molecular complexity index is 1270. The van der Waals surface area contributed by atoms with Crippen molar-refractivity contribution in [3.8, 4) is 28.7 Å². The second-order valence-corrected chi connectivity index (χ2v) is 8.42.